The summed E-state index contributed by atoms with van der Waals surface area (Å²) >= 11 is 0. The Hall–Kier alpha value is -5.05. The number of amides is 3. The van der Waals surface area contributed by atoms with Crippen LogP contribution in [-0.2, 0) is 11.3 Å². The molecular weight excluding hydrogens is 456 g/mol. The summed E-state index contributed by atoms with van der Waals surface area (Å²) in [5.41, 5.74) is 8.92. The topological polar surface area (TPSA) is 130 Å². The second kappa shape index (κ2) is 11.4. The van der Waals surface area contributed by atoms with Gasteiger partial charge >= 0.3 is 0 Å². The van der Waals surface area contributed by atoms with Gasteiger partial charge in [0, 0.05) is 42.6 Å². The highest BCUT2D eigenvalue weighted by Crippen LogP contribution is 2.19. The number of aromatic nitrogens is 2. The molecule has 9 nitrogen and oxygen atoms in total. The van der Waals surface area contributed by atoms with Gasteiger partial charge in [0.15, 0.2) is 0 Å². The van der Waals surface area contributed by atoms with Crippen LogP contribution < -0.4 is 16.4 Å². The van der Waals surface area contributed by atoms with Crippen LogP contribution in [0.5, 0.6) is 0 Å². The number of hydrogen-bond acceptors (Lipinski definition) is 6. The second-order valence-corrected chi connectivity index (χ2v) is 7.93. The summed E-state index contributed by atoms with van der Waals surface area (Å²) in [7, 11) is 0. The number of nitrogen functional groups attached to an aromatic ring is 1. The Labute approximate surface area is 208 Å². The summed E-state index contributed by atoms with van der Waals surface area (Å²) < 4.78 is 0. The number of benzene rings is 2. The van der Waals surface area contributed by atoms with E-state index in [1.54, 1.807) is 85.3 Å². The van der Waals surface area contributed by atoms with Gasteiger partial charge in [-0.25, -0.2) is 0 Å². The fourth-order valence-electron chi connectivity index (χ4n) is 3.47. The minimum atomic E-state index is -0.384. The van der Waals surface area contributed by atoms with Gasteiger partial charge in [0.1, 0.15) is 6.54 Å². The van der Waals surface area contributed by atoms with Crippen LogP contribution in [0.15, 0.2) is 97.6 Å². The van der Waals surface area contributed by atoms with Crippen molar-refractivity contribution in [2.75, 3.05) is 22.9 Å². The first-order chi connectivity index (χ1) is 17.5. The second-order valence-electron chi connectivity index (χ2n) is 7.93. The molecule has 0 atom stereocenters. The molecule has 0 radical (unpaired) electrons. The Morgan fingerprint density at radius 2 is 1.50 bits per heavy atom. The third-order valence-corrected chi connectivity index (χ3v) is 5.27. The van der Waals surface area contributed by atoms with Gasteiger partial charge in [0.25, 0.3) is 11.8 Å². The van der Waals surface area contributed by atoms with Crippen molar-refractivity contribution in [2.45, 2.75) is 6.54 Å². The normalized spacial score (nSPS) is 10.3. The molecule has 4 rings (SSSR count). The summed E-state index contributed by atoms with van der Waals surface area (Å²) in [5, 5.41) is 5.53. The number of nitrogens with one attached hydrogen (secondary N) is 2. The van der Waals surface area contributed by atoms with Crippen molar-refractivity contribution in [3.05, 3.63) is 114 Å². The van der Waals surface area contributed by atoms with Crippen LogP contribution >= 0.6 is 0 Å². The maximum absolute atomic E-state index is 13.1. The molecule has 2 aromatic heterocycles. The Balaban J connectivity index is 1.41. The molecular formula is C27H24N6O3. The SMILES string of the molecule is Nc1ccccc1NC(=O)c1ccc(NC(=O)CN(Cc2cccnc2)C(=O)c2cccnc2)cc1. The minimum Gasteiger partial charge on any atom is -0.397 e. The van der Waals surface area contributed by atoms with Gasteiger partial charge in [0.2, 0.25) is 5.91 Å². The molecule has 0 fully saturated rings. The average Bonchev–Trinajstić information content (AvgIpc) is 2.90. The molecule has 0 unspecified atom stereocenters. The third kappa shape index (κ3) is 6.29. The lowest BCUT2D eigenvalue weighted by molar-refractivity contribution is -0.117. The molecule has 0 spiro atoms. The van der Waals surface area contributed by atoms with Gasteiger partial charge in [-0.05, 0) is 60.2 Å². The number of para-hydroxylation sites is 2. The molecule has 3 amide bonds. The number of carbonyl (C=O) groups is 3. The molecule has 0 saturated carbocycles. The lowest BCUT2D eigenvalue weighted by Gasteiger charge is -2.22. The zero-order chi connectivity index (χ0) is 25.3. The summed E-state index contributed by atoms with van der Waals surface area (Å²) in [6, 6.07) is 20.3. The van der Waals surface area contributed by atoms with Gasteiger partial charge in [-0.2, -0.15) is 0 Å². The predicted molar refractivity (Wildman–Crippen MR) is 137 cm³/mol. The predicted octanol–water partition coefficient (Wildman–Crippen LogP) is 3.59. The number of pyridine rings is 2. The first kappa shape index (κ1) is 24.1. The van der Waals surface area contributed by atoms with E-state index in [1.807, 2.05) is 6.07 Å². The van der Waals surface area contributed by atoms with Gasteiger partial charge < -0.3 is 21.3 Å². The maximum atomic E-state index is 13.1. The fourth-order valence-corrected chi connectivity index (χ4v) is 3.47. The Kier molecular flexibility index (Phi) is 7.62. The molecule has 9 heteroatoms. The molecule has 4 N–H and O–H groups in total. The maximum Gasteiger partial charge on any atom is 0.256 e. The zero-order valence-corrected chi connectivity index (χ0v) is 19.3. The molecule has 0 aliphatic rings. The monoisotopic (exact) mass is 480 g/mol. The van der Waals surface area contributed by atoms with Crippen LogP contribution in [0, 0.1) is 0 Å². The van der Waals surface area contributed by atoms with Crippen LogP contribution in [-0.4, -0.2) is 39.1 Å². The Bertz CT molecular complexity index is 1350. The Morgan fingerprint density at radius 1 is 0.778 bits per heavy atom. The minimum absolute atomic E-state index is 0.182. The highest BCUT2D eigenvalue weighted by atomic mass is 16.2. The fraction of sp³-hybridized carbons (Fsp3) is 0.0741. The van der Waals surface area contributed by atoms with Crippen LogP contribution in [0.25, 0.3) is 0 Å². The van der Waals surface area contributed by atoms with Crippen LogP contribution in [0.3, 0.4) is 0 Å². The summed E-state index contributed by atoms with van der Waals surface area (Å²) in [6.45, 7) is 0.0227. The number of carbonyl (C=O) groups excluding carboxylic acids is 3. The first-order valence-corrected chi connectivity index (χ1v) is 11.1. The van der Waals surface area contributed by atoms with Crippen molar-refractivity contribution in [1.82, 2.24) is 14.9 Å². The van der Waals surface area contributed by atoms with Crippen LogP contribution in [0.2, 0.25) is 0 Å². The van der Waals surface area contributed by atoms with Crippen LogP contribution in [0.1, 0.15) is 26.3 Å². The average molecular weight is 481 g/mol. The summed E-state index contributed by atoms with van der Waals surface area (Å²) in [5.74, 6) is -1.03. The number of hydrogen-bond donors (Lipinski definition) is 3. The number of nitrogens with two attached hydrogens (primary N) is 1. The molecule has 2 heterocycles. The van der Waals surface area contributed by atoms with Crippen molar-refractivity contribution < 1.29 is 14.4 Å². The van der Waals surface area contributed by atoms with Crippen LogP contribution in [0.4, 0.5) is 17.1 Å². The molecule has 0 aliphatic carbocycles. The van der Waals surface area contributed by atoms with E-state index in [9.17, 15) is 14.4 Å². The molecule has 36 heavy (non-hydrogen) atoms. The van der Waals surface area contributed by atoms with Gasteiger partial charge in [-0.15, -0.1) is 0 Å². The number of anilines is 3. The lowest BCUT2D eigenvalue weighted by atomic mass is 10.1. The smallest absolute Gasteiger partial charge is 0.256 e. The lowest BCUT2D eigenvalue weighted by Crippen LogP contribution is -2.37. The van der Waals surface area contributed by atoms with E-state index in [0.717, 1.165) is 5.56 Å². The summed E-state index contributed by atoms with van der Waals surface area (Å²) in [4.78, 5) is 47.9. The number of nitrogens with zero attached hydrogens (tertiary/aromatic N) is 3. The first-order valence-electron chi connectivity index (χ1n) is 11.1. The molecule has 4 aromatic rings. The van der Waals surface area contributed by atoms with E-state index in [0.29, 0.717) is 28.2 Å². The highest BCUT2D eigenvalue weighted by Gasteiger charge is 2.20. The van der Waals surface area contributed by atoms with Crippen molar-refractivity contribution in [3.63, 3.8) is 0 Å². The van der Waals surface area contributed by atoms with Crippen molar-refractivity contribution >= 4 is 34.8 Å². The van der Waals surface area contributed by atoms with Crippen molar-refractivity contribution in [1.29, 1.82) is 0 Å². The van der Waals surface area contributed by atoms with Crippen molar-refractivity contribution in [2.24, 2.45) is 0 Å². The standard InChI is InChI=1S/C27H24N6O3/c28-23-7-1-2-8-24(23)32-26(35)20-9-11-22(12-10-20)31-25(34)18-33(17-19-5-3-13-29-15-19)27(36)21-6-4-14-30-16-21/h1-16H,17-18,28H2,(H,31,34)(H,32,35). The molecule has 0 saturated heterocycles. The van der Waals surface area contributed by atoms with Gasteiger partial charge in [-0.3, -0.25) is 24.4 Å². The van der Waals surface area contributed by atoms with Gasteiger partial charge in [-0.1, -0.05) is 18.2 Å². The molecule has 0 aliphatic heterocycles. The third-order valence-electron chi connectivity index (χ3n) is 5.27. The van der Waals surface area contributed by atoms with E-state index in [4.69, 9.17) is 5.73 Å². The quantitative estimate of drug-likeness (QED) is 0.331. The van der Waals surface area contributed by atoms with Crippen molar-refractivity contribution in [3.8, 4) is 0 Å². The molecule has 2 aromatic carbocycles. The zero-order valence-electron chi connectivity index (χ0n) is 19.3. The molecule has 180 valence electrons. The summed E-state index contributed by atoms with van der Waals surface area (Å²) in [6.07, 6.45) is 6.33. The molecule has 0 bridgehead atoms. The van der Waals surface area contributed by atoms with E-state index in [1.165, 1.54) is 11.1 Å². The van der Waals surface area contributed by atoms with E-state index in [-0.39, 0.29) is 30.8 Å². The number of rotatable bonds is 8. The largest absolute Gasteiger partial charge is 0.397 e. The van der Waals surface area contributed by atoms with E-state index < -0.39 is 0 Å². The van der Waals surface area contributed by atoms with E-state index in [2.05, 4.69) is 20.6 Å². The van der Waals surface area contributed by atoms with E-state index >= 15 is 0 Å². The highest BCUT2D eigenvalue weighted by molar-refractivity contribution is 6.06. The van der Waals surface area contributed by atoms with Gasteiger partial charge in [0.05, 0.1) is 16.9 Å². The Morgan fingerprint density at radius 3 is 2.17 bits per heavy atom.